The van der Waals surface area contributed by atoms with Gasteiger partial charge in [0.15, 0.2) is 11.5 Å². The van der Waals surface area contributed by atoms with Gasteiger partial charge in [-0.25, -0.2) is 0 Å². The third kappa shape index (κ3) is 2.66. The Morgan fingerprint density at radius 1 is 1.08 bits per heavy atom. The van der Waals surface area contributed by atoms with Crippen LogP contribution < -0.4 is 14.2 Å². The summed E-state index contributed by atoms with van der Waals surface area (Å²) in [6.07, 6.45) is 1.79. The van der Waals surface area contributed by atoms with Crippen LogP contribution in [-0.2, 0) is 12.8 Å². The van der Waals surface area contributed by atoms with Crippen LogP contribution in [0.1, 0.15) is 36.1 Å². The molecule has 2 aliphatic heterocycles. The SMILES string of the molecule is COc1ccc(C2=NC(C)(C)Cc3cc(OC)c4c(c32)CCO4)cc1. The number of methoxy groups -OCH3 is 2. The molecule has 0 amide bonds. The minimum absolute atomic E-state index is 0.152. The molecule has 0 spiro atoms. The lowest BCUT2D eigenvalue weighted by Crippen LogP contribution is -2.30. The smallest absolute Gasteiger partial charge is 0.165 e. The fourth-order valence-electron chi connectivity index (χ4n) is 3.81. The van der Waals surface area contributed by atoms with Gasteiger partial charge >= 0.3 is 0 Å². The molecule has 0 N–H and O–H groups in total. The zero-order chi connectivity index (χ0) is 17.6. The number of aliphatic imine (C=N–C) groups is 1. The first-order valence-corrected chi connectivity index (χ1v) is 8.62. The van der Waals surface area contributed by atoms with Crippen molar-refractivity contribution in [1.82, 2.24) is 0 Å². The summed E-state index contributed by atoms with van der Waals surface area (Å²) in [7, 11) is 3.39. The average Bonchev–Trinajstić information content (AvgIpc) is 3.09. The van der Waals surface area contributed by atoms with Gasteiger partial charge in [0.05, 0.1) is 32.1 Å². The van der Waals surface area contributed by atoms with Crippen LogP contribution in [0.2, 0.25) is 0 Å². The van der Waals surface area contributed by atoms with Gasteiger partial charge in [-0.1, -0.05) is 0 Å². The molecule has 2 aromatic rings. The molecule has 0 aromatic heterocycles. The van der Waals surface area contributed by atoms with Crippen molar-refractivity contribution >= 4 is 5.71 Å². The maximum atomic E-state index is 5.86. The number of fused-ring (bicyclic) bond motifs is 3. The first-order chi connectivity index (χ1) is 12.0. The summed E-state index contributed by atoms with van der Waals surface area (Å²) < 4.78 is 16.7. The quantitative estimate of drug-likeness (QED) is 0.855. The fourth-order valence-corrected chi connectivity index (χ4v) is 3.81. The van der Waals surface area contributed by atoms with Gasteiger partial charge in [-0.3, -0.25) is 4.99 Å². The summed E-state index contributed by atoms with van der Waals surface area (Å²) in [5.41, 5.74) is 5.72. The van der Waals surface area contributed by atoms with Crippen molar-refractivity contribution in [1.29, 1.82) is 0 Å². The van der Waals surface area contributed by atoms with Crippen molar-refractivity contribution in [3.05, 3.63) is 52.6 Å². The molecular formula is C21H23NO3. The highest BCUT2D eigenvalue weighted by atomic mass is 16.5. The topological polar surface area (TPSA) is 40.0 Å². The monoisotopic (exact) mass is 337 g/mol. The zero-order valence-electron chi connectivity index (χ0n) is 15.2. The van der Waals surface area contributed by atoms with Gasteiger partial charge in [0, 0.05) is 23.1 Å². The van der Waals surface area contributed by atoms with E-state index in [0.29, 0.717) is 6.61 Å². The van der Waals surface area contributed by atoms with Crippen LogP contribution in [0.15, 0.2) is 35.3 Å². The van der Waals surface area contributed by atoms with Crippen molar-refractivity contribution in [2.24, 2.45) is 4.99 Å². The van der Waals surface area contributed by atoms with Crippen LogP contribution in [0.4, 0.5) is 0 Å². The van der Waals surface area contributed by atoms with Gasteiger partial charge in [-0.2, -0.15) is 0 Å². The molecule has 4 rings (SSSR count). The number of hydrogen-bond acceptors (Lipinski definition) is 4. The minimum atomic E-state index is -0.152. The minimum Gasteiger partial charge on any atom is -0.497 e. The number of rotatable bonds is 3. The van der Waals surface area contributed by atoms with Gasteiger partial charge in [-0.15, -0.1) is 0 Å². The molecular weight excluding hydrogens is 314 g/mol. The normalized spacial score (nSPS) is 17.2. The Hall–Kier alpha value is -2.49. The van der Waals surface area contributed by atoms with Crippen LogP contribution in [0.25, 0.3) is 0 Å². The molecule has 25 heavy (non-hydrogen) atoms. The third-order valence-electron chi connectivity index (χ3n) is 4.88. The van der Waals surface area contributed by atoms with Crippen molar-refractivity contribution in [3.8, 4) is 17.2 Å². The Kier molecular flexibility index (Phi) is 3.71. The van der Waals surface area contributed by atoms with Crippen LogP contribution in [0.3, 0.4) is 0 Å². The van der Waals surface area contributed by atoms with E-state index in [4.69, 9.17) is 19.2 Å². The Labute approximate surface area is 148 Å². The number of ether oxygens (including phenoxy) is 3. The molecule has 130 valence electrons. The predicted molar refractivity (Wildman–Crippen MR) is 98.6 cm³/mol. The predicted octanol–water partition coefficient (Wildman–Crippen LogP) is 3.81. The van der Waals surface area contributed by atoms with E-state index < -0.39 is 0 Å². The molecule has 0 fully saturated rings. The molecule has 0 radical (unpaired) electrons. The second-order valence-electron chi connectivity index (χ2n) is 7.20. The van der Waals surface area contributed by atoms with E-state index in [1.807, 2.05) is 12.1 Å². The molecule has 4 nitrogen and oxygen atoms in total. The molecule has 0 unspecified atom stereocenters. The number of hydrogen-bond donors (Lipinski definition) is 0. The van der Waals surface area contributed by atoms with E-state index >= 15 is 0 Å². The van der Waals surface area contributed by atoms with E-state index in [1.165, 1.54) is 16.7 Å². The highest BCUT2D eigenvalue weighted by Gasteiger charge is 2.33. The number of nitrogens with zero attached hydrogens (tertiary/aromatic N) is 1. The van der Waals surface area contributed by atoms with Gasteiger partial charge in [-0.05, 0) is 56.2 Å². The summed E-state index contributed by atoms with van der Waals surface area (Å²) in [5.74, 6) is 2.56. The first kappa shape index (κ1) is 16.0. The Morgan fingerprint density at radius 3 is 2.52 bits per heavy atom. The van der Waals surface area contributed by atoms with E-state index in [2.05, 4.69) is 32.0 Å². The maximum Gasteiger partial charge on any atom is 0.165 e. The van der Waals surface area contributed by atoms with Crippen molar-refractivity contribution in [2.45, 2.75) is 32.2 Å². The summed E-state index contributed by atoms with van der Waals surface area (Å²) in [6.45, 7) is 5.05. The van der Waals surface area contributed by atoms with Crippen molar-refractivity contribution < 1.29 is 14.2 Å². The number of benzene rings is 2. The van der Waals surface area contributed by atoms with Gasteiger partial charge in [0.2, 0.25) is 0 Å². The fraction of sp³-hybridized carbons (Fsp3) is 0.381. The maximum absolute atomic E-state index is 5.86. The lowest BCUT2D eigenvalue weighted by Gasteiger charge is -2.31. The van der Waals surface area contributed by atoms with Crippen molar-refractivity contribution in [2.75, 3.05) is 20.8 Å². The molecule has 4 heteroatoms. The van der Waals surface area contributed by atoms with Crippen LogP contribution in [0, 0.1) is 0 Å². The summed E-state index contributed by atoms with van der Waals surface area (Å²) in [5, 5.41) is 0. The Bertz CT molecular complexity index is 850. The molecule has 0 bridgehead atoms. The highest BCUT2D eigenvalue weighted by Crippen LogP contribution is 2.43. The standard InChI is InChI=1S/C21H23NO3/c1-21(2)12-14-11-17(24-4)20-16(9-10-25-20)18(14)19(22-21)13-5-7-15(23-3)8-6-13/h5-8,11H,9-10,12H2,1-4H3. The van der Waals surface area contributed by atoms with Gasteiger partial charge in [0.1, 0.15) is 5.75 Å². The highest BCUT2D eigenvalue weighted by molar-refractivity contribution is 6.16. The van der Waals surface area contributed by atoms with Gasteiger partial charge in [0.25, 0.3) is 0 Å². The second-order valence-corrected chi connectivity index (χ2v) is 7.20. The molecule has 0 atom stereocenters. The van der Waals surface area contributed by atoms with E-state index in [1.54, 1.807) is 14.2 Å². The summed E-state index contributed by atoms with van der Waals surface area (Å²) in [4.78, 5) is 5.09. The zero-order valence-corrected chi connectivity index (χ0v) is 15.2. The second kappa shape index (κ2) is 5.80. The van der Waals surface area contributed by atoms with E-state index in [-0.39, 0.29) is 5.54 Å². The van der Waals surface area contributed by atoms with Gasteiger partial charge < -0.3 is 14.2 Å². The largest absolute Gasteiger partial charge is 0.497 e. The van der Waals surface area contributed by atoms with Crippen LogP contribution in [0.5, 0.6) is 17.2 Å². The average molecular weight is 337 g/mol. The lowest BCUT2D eigenvalue weighted by atomic mass is 9.82. The molecule has 2 aliphatic rings. The van der Waals surface area contributed by atoms with E-state index in [9.17, 15) is 0 Å². The summed E-state index contributed by atoms with van der Waals surface area (Å²) in [6, 6.07) is 10.3. The molecule has 2 aromatic carbocycles. The molecule has 0 aliphatic carbocycles. The van der Waals surface area contributed by atoms with Crippen LogP contribution >= 0.6 is 0 Å². The third-order valence-corrected chi connectivity index (χ3v) is 4.88. The van der Waals surface area contributed by atoms with Crippen LogP contribution in [-0.4, -0.2) is 32.1 Å². The van der Waals surface area contributed by atoms with E-state index in [0.717, 1.165) is 41.4 Å². The molecule has 0 saturated heterocycles. The molecule has 2 heterocycles. The lowest BCUT2D eigenvalue weighted by molar-refractivity contribution is 0.325. The Morgan fingerprint density at radius 2 is 1.84 bits per heavy atom. The first-order valence-electron chi connectivity index (χ1n) is 8.62. The van der Waals surface area contributed by atoms with Crippen molar-refractivity contribution in [3.63, 3.8) is 0 Å². The Balaban J connectivity index is 1.93. The molecule has 0 saturated carbocycles. The summed E-state index contributed by atoms with van der Waals surface area (Å²) >= 11 is 0.